The van der Waals surface area contributed by atoms with Crippen LogP contribution in [0.25, 0.3) is 0 Å². The van der Waals surface area contributed by atoms with Gasteiger partial charge in [-0.15, -0.1) is 0 Å². The molecule has 3 aromatic rings. The zero-order valence-electron chi connectivity index (χ0n) is 24.4. The Morgan fingerprint density at radius 1 is 1.07 bits per heavy atom. The second-order valence-corrected chi connectivity index (χ2v) is 14.4. The Bertz CT molecular complexity index is 1620. The highest BCUT2D eigenvalue weighted by Crippen LogP contribution is 2.40. The van der Waals surface area contributed by atoms with E-state index in [1.54, 1.807) is 23.2 Å². The minimum absolute atomic E-state index is 0.0243. The maximum atomic E-state index is 13.0. The Kier molecular flexibility index (Phi) is 7.20. The van der Waals surface area contributed by atoms with Crippen molar-refractivity contribution in [3.63, 3.8) is 0 Å². The molecule has 0 bridgehead atoms. The molecule has 0 spiro atoms. The van der Waals surface area contributed by atoms with Crippen LogP contribution in [0.15, 0.2) is 36.8 Å². The van der Waals surface area contributed by atoms with E-state index in [-0.39, 0.29) is 11.0 Å². The third-order valence-electron chi connectivity index (χ3n) is 7.60. The summed E-state index contributed by atoms with van der Waals surface area (Å²) in [5.41, 5.74) is 4.87. The standard InChI is InChI=1S/C30H36N6O5S/c1-19-24(16-33-28-27(19)36(11-12-40-28)29(37)41-30(2,3)4)35-10-9-21-15-32-26(13-22(21)17-35)34-25-8-5-20(14-31-25)18-42(38,39)23-6-7-23/h5,8,13-16,23H,6-7,9-12,17-18H2,1-4H3,(H,31,32,34). The van der Waals surface area contributed by atoms with E-state index >= 15 is 0 Å². The number of anilines is 4. The number of ether oxygens (including phenoxy) is 2. The Morgan fingerprint density at radius 2 is 1.86 bits per heavy atom. The number of hydrogen-bond donors (Lipinski definition) is 1. The molecule has 0 saturated heterocycles. The summed E-state index contributed by atoms with van der Waals surface area (Å²) in [5, 5.41) is 3.06. The predicted molar refractivity (Wildman–Crippen MR) is 160 cm³/mol. The first kappa shape index (κ1) is 28.2. The first-order chi connectivity index (χ1) is 20.0. The molecule has 222 valence electrons. The van der Waals surface area contributed by atoms with Crippen molar-refractivity contribution >= 4 is 38.9 Å². The van der Waals surface area contributed by atoms with Crippen LogP contribution in [0, 0.1) is 6.92 Å². The number of amides is 1. The summed E-state index contributed by atoms with van der Waals surface area (Å²) in [6.07, 6.45) is 7.24. The summed E-state index contributed by atoms with van der Waals surface area (Å²) in [6, 6.07) is 5.60. The van der Waals surface area contributed by atoms with Gasteiger partial charge in [-0.2, -0.15) is 0 Å². The topological polar surface area (TPSA) is 127 Å². The molecule has 1 N–H and O–H groups in total. The van der Waals surface area contributed by atoms with Gasteiger partial charge in [-0.25, -0.2) is 28.2 Å². The summed E-state index contributed by atoms with van der Waals surface area (Å²) in [5.74, 6) is 1.72. The minimum atomic E-state index is -3.09. The van der Waals surface area contributed by atoms with E-state index in [1.807, 2.05) is 46.2 Å². The van der Waals surface area contributed by atoms with Gasteiger partial charge >= 0.3 is 6.09 Å². The van der Waals surface area contributed by atoms with Gasteiger partial charge in [0.2, 0.25) is 5.88 Å². The monoisotopic (exact) mass is 592 g/mol. The van der Waals surface area contributed by atoms with Crippen molar-refractivity contribution in [2.75, 3.05) is 34.8 Å². The molecule has 12 heteroatoms. The van der Waals surface area contributed by atoms with Crippen molar-refractivity contribution in [1.82, 2.24) is 15.0 Å². The number of nitrogens with zero attached hydrogens (tertiary/aromatic N) is 5. The van der Waals surface area contributed by atoms with E-state index in [9.17, 15) is 13.2 Å². The van der Waals surface area contributed by atoms with Crippen molar-refractivity contribution in [2.24, 2.45) is 0 Å². The highest BCUT2D eigenvalue weighted by atomic mass is 32.2. The highest BCUT2D eigenvalue weighted by Gasteiger charge is 2.35. The fourth-order valence-electron chi connectivity index (χ4n) is 5.35. The number of fused-ring (bicyclic) bond motifs is 2. The van der Waals surface area contributed by atoms with Crippen molar-refractivity contribution in [3.05, 3.63) is 59.0 Å². The average molecular weight is 593 g/mol. The van der Waals surface area contributed by atoms with Gasteiger partial charge in [0.15, 0.2) is 9.84 Å². The zero-order chi connectivity index (χ0) is 29.6. The molecule has 1 aliphatic carbocycles. The average Bonchev–Trinajstić information content (AvgIpc) is 3.79. The maximum absolute atomic E-state index is 13.0. The molecule has 0 aromatic carbocycles. The van der Waals surface area contributed by atoms with Crippen molar-refractivity contribution in [2.45, 2.75) is 70.1 Å². The maximum Gasteiger partial charge on any atom is 0.415 e. The van der Waals surface area contributed by atoms with E-state index in [0.717, 1.165) is 42.6 Å². The summed E-state index contributed by atoms with van der Waals surface area (Å²) in [6.45, 7) is 9.72. The number of sulfone groups is 1. The van der Waals surface area contributed by atoms with Crippen LogP contribution < -0.4 is 19.9 Å². The van der Waals surface area contributed by atoms with Crippen LogP contribution in [0.2, 0.25) is 0 Å². The lowest BCUT2D eigenvalue weighted by Gasteiger charge is -2.35. The van der Waals surface area contributed by atoms with Gasteiger partial charge in [0, 0.05) is 31.0 Å². The number of nitrogens with one attached hydrogen (secondary N) is 1. The SMILES string of the molecule is Cc1c(N2CCc3cnc(Nc4ccc(CS(=O)(=O)C5CC5)cn4)cc3C2)cnc2c1N(C(=O)OC(C)(C)C)CCO2. The van der Waals surface area contributed by atoms with Crippen LogP contribution in [0.1, 0.15) is 55.9 Å². The van der Waals surface area contributed by atoms with Crippen molar-refractivity contribution in [1.29, 1.82) is 0 Å². The Labute approximate surface area is 246 Å². The van der Waals surface area contributed by atoms with E-state index in [1.165, 1.54) is 5.56 Å². The van der Waals surface area contributed by atoms with E-state index in [4.69, 9.17) is 9.47 Å². The number of aromatic nitrogens is 3. The molecule has 1 amide bonds. The van der Waals surface area contributed by atoms with Crippen LogP contribution >= 0.6 is 0 Å². The Morgan fingerprint density at radius 3 is 2.57 bits per heavy atom. The lowest BCUT2D eigenvalue weighted by Crippen LogP contribution is -2.42. The van der Waals surface area contributed by atoms with Crippen LogP contribution in [0.4, 0.5) is 27.8 Å². The van der Waals surface area contributed by atoms with E-state index in [2.05, 4.69) is 25.2 Å². The molecule has 1 saturated carbocycles. The molecule has 0 radical (unpaired) electrons. The van der Waals surface area contributed by atoms with Gasteiger partial charge in [-0.3, -0.25) is 4.90 Å². The molecule has 3 aromatic heterocycles. The van der Waals surface area contributed by atoms with Gasteiger partial charge in [0.1, 0.15) is 29.5 Å². The molecule has 1 fully saturated rings. The number of pyridine rings is 3. The highest BCUT2D eigenvalue weighted by molar-refractivity contribution is 7.91. The van der Waals surface area contributed by atoms with E-state index < -0.39 is 21.5 Å². The molecule has 0 unspecified atom stereocenters. The third kappa shape index (κ3) is 5.99. The first-order valence-corrected chi connectivity index (χ1v) is 16.0. The third-order valence-corrected chi connectivity index (χ3v) is 9.82. The van der Waals surface area contributed by atoms with Crippen molar-refractivity contribution in [3.8, 4) is 5.88 Å². The van der Waals surface area contributed by atoms with Crippen molar-refractivity contribution < 1.29 is 22.7 Å². The van der Waals surface area contributed by atoms with E-state index in [0.29, 0.717) is 48.5 Å². The minimum Gasteiger partial charge on any atom is -0.474 e. The molecule has 2 aliphatic heterocycles. The number of carbonyl (C=O) groups excluding carboxylic acids is 1. The predicted octanol–water partition coefficient (Wildman–Crippen LogP) is 4.70. The fourth-order valence-corrected chi connectivity index (χ4v) is 7.08. The summed E-state index contributed by atoms with van der Waals surface area (Å²) in [7, 11) is -3.09. The molecular weight excluding hydrogens is 556 g/mol. The Hall–Kier alpha value is -3.93. The second-order valence-electron chi connectivity index (χ2n) is 12.1. The molecule has 11 nitrogen and oxygen atoms in total. The van der Waals surface area contributed by atoms with Gasteiger partial charge in [0.05, 0.1) is 29.4 Å². The summed E-state index contributed by atoms with van der Waals surface area (Å²) < 4.78 is 36.1. The van der Waals surface area contributed by atoms with Gasteiger partial charge in [0.25, 0.3) is 0 Å². The molecule has 3 aliphatic rings. The number of rotatable bonds is 6. The summed E-state index contributed by atoms with van der Waals surface area (Å²) >= 11 is 0. The largest absolute Gasteiger partial charge is 0.474 e. The summed E-state index contributed by atoms with van der Waals surface area (Å²) in [4.78, 5) is 30.5. The smallest absolute Gasteiger partial charge is 0.415 e. The van der Waals surface area contributed by atoms with Crippen LogP contribution in [0.5, 0.6) is 5.88 Å². The normalized spacial score (nSPS) is 16.8. The fraction of sp³-hybridized carbons (Fsp3) is 0.467. The quantitative estimate of drug-likeness (QED) is 0.430. The lowest BCUT2D eigenvalue weighted by molar-refractivity contribution is 0.0566. The lowest BCUT2D eigenvalue weighted by atomic mass is 10.0. The molecule has 6 rings (SSSR count). The van der Waals surface area contributed by atoms with Gasteiger partial charge in [-0.05, 0) is 75.8 Å². The Balaban J connectivity index is 1.18. The second kappa shape index (κ2) is 10.7. The van der Waals surface area contributed by atoms with Crippen LogP contribution in [-0.2, 0) is 33.3 Å². The first-order valence-electron chi connectivity index (χ1n) is 14.3. The van der Waals surface area contributed by atoms with Gasteiger partial charge < -0.3 is 19.7 Å². The van der Waals surface area contributed by atoms with Crippen LogP contribution in [0.3, 0.4) is 0 Å². The number of carbonyl (C=O) groups is 1. The molecular formula is C30H36N6O5S. The number of hydrogen-bond acceptors (Lipinski definition) is 10. The van der Waals surface area contributed by atoms with Gasteiger partial charge in [-0.1, -0.05) is 6.07 Å². The molecule has 5 heterocycles. The molecule has 0 atom stereocenters. The molecule has 42 heavy (non-hydrogen) atoms. The van der Waals surface area contributed by atoms with Crippen LogP contribution in [-0.4, -0.2) is 60.0 Å². The zero-order valence-corrected chi connectivity index (χ0v) is 25.2.